The van der Waals surface area contributed by atoms with Crippen molar-refractivity contribution >= 4 is 0 Å². The monoisotopic (exact) mass is 272 g/mol. The Bertz CT molecular complexity index is 511. The largest absolute Gasteiger partial charge is 0.323 e. The van der Waals surface area contributed by atoms with Gasteiger partial charge in [-0.25, -0.2) is 0 Å². The molecule has 4 rings (SSSR count). The first kappa shape index (κ1) is 13.6. The van der Waals surface area contributed by atoms with E-state index in [4.69, 9.17) is 14.2 Å². The normalized spacial score (nSPS) is 31.7. The van der Waals surface area contributed by atoms with Gasteiger partial charge >= 0.3 is 5.97 Å². The maximum atomic E-state index is 5.93. The summed E-state index contributed by atoms with van der Waals surface area (Å²) in [5.41, 5.74) is 1.94. The second-order valence-corrected chi connectivity index (χ2v) is 5.62. The molecule has 1 aromatic rings. The van der Waals surface area contributed by atoms with Gasteiger partial charge in [-0.2, -0.15) is 0 Å². The summed E-state index contributed by atoms with van der Waals surface area (Å²) in [5, 5.41) is 0. The lowest BCUT2D eigenvalue weighted by Crippen LogP contribution is -2.58. The highest BCUT2D eigenvalue weighted by molar-refractivity contribution is 5.36. The molecule has 3 aliphatic rings. The summed E-state index contributed by atoms with van der Waals surface area (Å²) in [5.74, 6) is 4.91. The fourth-order valence-corrected chi connectivity index (χ4v) is 2.89. The van der Waals surface area contributed by atoms with E-state index in [9.17, 15) is 0 Å². The molecule has 3 heterocycles. The predicted octanol–water partition coefficient (Wildman–Crippen LogP) is 3.03. The van der Waals surface area contributed by atoms with Crippen molar-refractivity contribution in [3.63, 3.8) is 0 Å². The van der Waals surface area contributed by atoms with Crippen LogP contribution < -0.4 is 0 Å². The van der Waals surface area contributed by atoms with E-state index >= 15 is 0 Å². The number of rotatable bonds is 3. The highest BCUT2D eigenvalue weighted by Crippen LogP contribution is 2.46. The topological polar surface area (TPSA) is 27.7 Å². The SMILES string of the molecule is CC#Cc1ccc(C23OCC(CCC)(CO2)CO3)cc1. The van der Waals surface area contributed by atoms with Crippen LogP contribution in [-0.2, 0) is 20.2 Å². The van der Waals surface area contributed by atoms with Gasteiger partial charge in [0.2, 0.25) is 0 Å². The Balaban J connectivity index is 1.79. The van der Waals surface area contributed by atoms with E-state index in [-0.39, 0.29) is 5.41 Å². The molecular weight excluding hydrogens is 252 g/mol. The second kappa shape index (κ2) is 5.21. The van der Waals surface area contributed by atoms with Crippen molar-refractivity contribution < 1.29 is 14.2 Å². The molecule has 0 radical (unpaired) electrons. The average molecular weight is 272 g/mol. The van der Waals surface area contributed by atoms with Crippen molar-refractivity contribution in [2.45, 2.75) is 32.7 Å². The maximum absolute atomic E-state index is 5.93. The minimum absolute atomic E-state index is 0.0458. The zero-order valence-corrected chi connectivity index (χ0v) is 12.1. The van der Waals surface area contributed by atoms with Crippen molar-refractivity contribution in [1.29, 1.82) is 0 Å². The summed E-state index contributed by atoms with van der Waals surface area (Å²) in [6.07, 6.45) is 2.20. The highest BCUT2D eigenvalue weighted by atomic mass is 16.9. The fraction of sp³-hybridized carbons (Fsp3) is 0.529. The molecule has 3 fully saturated rings. The van der Waals surface area contributed by atoms with Gasteiger partial charge in [-0.1, -0.05) is 19.3 Å². The molecule has 3 aliphatic heterocycles. The van der Waals surface area contributed by atoms with E-state index in [0.29, 0.717) is 19.8 Å². The Kier molecular flexibility index (Phi) is 3.55. The molecule has 0 aromatic heterocycles. The van der Waals surface area contributed by atoms with Gasteiger partial charge in [0, 0.05) is 16.5 Å². The number of fused-ring (bicyclic) bond motifs is 3. The summed E-state index contributed by atoms with van der Waals surface area (Å²) in [4.78, 5) is 0. The van der Waals surface area contributed by atoms with Gasteiger partial charge in [0.05, 0.1) is 19.8 Å². The fourth-order valence-electron chi connectivity index (χ4n) is 2.89. The quantitative estimate of drug-likeness (QED) is 0.792. The summed E-state index contributed by atoms with van der Waals surface area (Å²) in [6.45, 7) is 6.13. The molecular formula is C17H20O3. The molecule has 3 heteroatoms. The minimum Gasteiger partial charge on any atom is -0.323 e. The van der Waals surface area contributed by atoms with Gasteiger partial charge in [0.1, 0.15) is 0 Å². The first-order chi connectivity index (χ1) is 9.72. The third-order valence-corrected chi connectivity index (χ3v) is 3.99. The van der Waals surface area contributed by atoms with E-state index in [0.717, 1.165) is 24.0 Å². The maximum Gasteiger partial charge on any atom is 0.312 e. The van der Waals surface area contributed by atoms with Crippen LogP contribution in [0, 0.1) is 17.3 Å². The van der Waals surface area contributed by atoms with Crippen LogP contribution >= 0.6 is 0 Å². The smallest absolute Gasteiger partial charge is 0.312 e. The van der Waals surface area contributed by atoms with E-state index in [1.165, 1.54) is 0 Å². The standard InChI is InChI=1S/C17H20O3/c1-3-5-14-6-8-15(9-7-14)17-18-11-16(10-4-2,12-19-17)13-20-17/h6-9H,4,10-13H2,1-2H3. The molecule has 0 saturated carbocycles. The van der Waals surface area contributed by atoms with Crippen LogP contribution in [0.1, 0.15) is 37.8 Å². The molecule has 0 unspecified atom stereocenters. The van der Waals surface area contributed by atoms with Crippen LogP contribution in [0.3, 0.4) is 0 Å². The Labute approximate surface area is 120 Å². The lowest BCUT2D eigenvalue weighted by Gasteiger charge is -2.51. The van der Waals surface area contributed by atoms with Gasteiger partial charge in [-0.05, 0) is 37.6 Å². The zero-order chi connectivity index (χ0) is 14.1. The summed E-state index contributed by atoms with van der Waals surface area (Å²) in [6, 6.07) is 7.88. The van der Waals surface area contributed by atoms with Gasteiger partial charge in [0.25, 0.3) is 0 Å². The first-order valence-corrected chi connectivity index (χ1v) is 7.17. The van der Waals surface area contributed by atoms with E-state index in [2.05, 4.69) is 18.8 Å². The third kappa shape index (κ3) is 2.25. The van der Waals surface area contributed by atoms with Crippen LogP contribution in [0.5, 0.6) is 0 Å². The van der Waals surface area contributed by atoms with E-state index < -0.39 is 5.97 Å². The zero-order valence-electron chi connectivity index (χ0n) is 12.1. The van der Waals surface area contributed by atoms with Crippen molar-refractivity contribution in [2.75, 3.05) is 19.8 Å². The Morgan fingerprint density at radius 3 is 2.15 bits per heavy atom. The van der Waals surface area contributed by atoms with Crippen molar-refractivity contribution in [2.24, 2.45) is 5.41 Å². The number of ether oxygens (including phenoxy) is 3. The van der Waals surface area contributed by atoms with Crippen LogP contribution in [0.15, 0.2) is 24.3 Å². The average Bonchev–Trinajstić information content (AvgIpc) is 2.50. The molecule has 20 heavy (non-hydrogen) atoms. The number of benzene rings is 1. The van der Waals surface area contributed by atoms with Gasteiger partial charge in [0.15, 0.2) is 0 Å². The molecule has 0 atom stereocenters. The predicted molar refractivity (Wildman–Crippen MR) is 75.9 cm³/mol. The molecule has 0 N–H and O–H groups in total. The van der Waals surface area contributed by atoms with Crippen LogP contribution in [0.4, 0.5) is 0 Å². The molecule has 1 aromatic carbocycles. The third-order valence-electron chi connectivity index (χ3n) is 3.99. The molecule has 0 amide bonds. The number of hydrogen-bond donors (Lipinski definition) is 0. The van der Waals surface area contributed by atoms with Gasteiger partial charge in [-0.3, -0.25) is 0 Å². The molecule has 0 spiro atoms. The molecule has 106 valence electrons. The molecule has 3 saturated heterocycles. The van der Waals surface area contributed by atoms with Crippen LogP contribution in [0.25, 0.3) is 0 Å². The van der Waals surface area contributed by atoms with Crippen molar-refractivity contribution in [3.05, 3.63) is 35.4 Å². The van der Waals surface area contributed by atoms with Gasteiger partial charge < -0.3 is 14.2 Å². The minimum atomic E-state index is -1.01. The molecule has 0 aliphatic carbocycles. The lowest BCUT2D eigenvalue weighted by atomic mass is 9.83. The van der Waals surface area contributed by atoms with Gasteiger partial charge in [-0.15, -0.1) is 5.92 Å². The molecule has 2 bridgehead atoms. The Hall–Kier alpha value is -1.34. The van der Waals surface area contributed by atoms with E-state index in [1.807, 2.05) is 31.2 Å². The molecule has 3 nitrogen and oxygen atoms in total. The van der Waals surface area contributed by atoms with Crippen molar-refractivity contribution in [3.8, 4) is 11.8 Å². The Morgan fingerprint density at radius 1 is 1.05 bits per heavy atom. The van der Waals surface area contributed by atoms with Crippen molar-refractivity contribution in [1.82, 2.24) is 0 Å². The Morgan fingerprint density at radius 2 is 1.65 bits per heavy atom. The number of hydrogen-bond acceptors (Lipinski definition) is 3. The summed E-state index contributed by atoms with van der Waals surface area (Å²) >= 11 is 0. The van der Waals surface area contributed by atoms with E-state index in [1.54, 1.807) is 0 Å². The van der Waals surface area contributed by atoms with Crippen LogP contribution in [0.2, 0.25) is 0 Å². The second-order valence-electron chi connectivity index (χ2n) is 5.62. The highest BCUT2D eigenvalue weighted by Gasteiger charge is 2.53. The summed E-state index contributed by atoms with van der Waals surface area (Å²) in [7, 11) is 0. The first-order valence-electron chi connectivity index (χ1n) is 7.17. The van der Waals surface area contributed by atoms with Crippen LogP contribution in [-0.4, -0.2) is 19.8 Å². The summed E-state index contributed by atoms with van der Waals surface area (Å²) < 4.78 is 17.8. The lowest BCUT2D eigenvalue weighted by molar-refractivity contribution is -0.480.